The molecule has 1 atom stereocenters. The van der Waals surface area contributed by atoms with Crippen molar-refractivity contribution in [1.29, 1.82) is 0 Å². The van der Waals surface area contributed by atoms with Gasteiger partial charge in [0.1, 0.15) is 6.04 Å². The minimum Gasteiger partial charge on any atom is -1.00 e. The van der Waals surface area contributed by atoms with Crippen LogP contribution in [0, 0.1) is 0 Å². The summed E-state index contributed by atoms with van der Waals surface area (Å²) in [5.74, 6) is 0. The third-order valence-electron chi connectivity index (χ3n) is 5.21. The SMILES string of the molecule is CCCCCCCC/C=C\CCCCCCCCC(C)[N+](C)(C)O.[Cl-]. The molecule has 3 heteroatoms. The summed E-state index contributed by atoms with van der Waals surface area (Å²) in [5, 5.41) is 9.84. The summed E-state index contributed by atoms with van der Waals surface area (Å²) in [6.07, 6.45) is 24.9. The summed E-state index contributed by atoms with van der Waals surface area (Å²) in [5.41, 5.74) is 0. The Balaban J connectivity index is 0. The fraction of sp³-hybridized carbons (Fsp3) is 0.909. The van der Waals surface area contributed by atoms with Gasteiger partial charge in [0.25, 0.3) is 0 Å². The molecule has 0 fully saturated rings. The molecule has 0 saturated heterocycles. The average molecular weight is 376 g/mol. The van der Waals surface area contributed by atoms with Crippen LogP contribution < -0.4 is 12.4 Å². The van der Waals surface area contributed by atoms with Crippen molar-refractivity contribution in [1.82, 2.24) is 0 Å². The number of halogens is 1. The fourth-order valence-corrected chi connectivity index (χ4v) is 3.00. The summed E-state index contributed by atoms with van der Waals surface area (Å²) < 4.78 is 0.102. The molecule has 0 aliphatic carbocycles. The van der Waals surface area contributed by atoms with Crippen molar-refractivity contribution < 1.29 is 22.3 Å². The van der Waals surface area contributed by atoms with E-state index in [1.807, 2.05) is 14.1 Å². The van der Waals surface area contributed by atoms with Crippen LogP contribution in [0.15, 0.2) is 12.2 Å². The van der Waals surface area contributed by atoms with Crippen molar-refractivity contribution in [3.8, 4) is 0 Å². The molecule has 0 aromatic heterocycles. The maximum atomic E-state index is 9.84. The van der Waals surface area contributed by atoms with E-state index >= 15 is 0 Å². The minimum absolute atomic E-state index is 0. The zero-order chi connectivity index (χ0) is 18.1. The van der Waals surface area contributed by atoms with Gasteiger partial charge in [-0.3, -0.25) is 0 Å². The van der Waals surface area contributed by atoms with E-state index in [1.165, 1.54) is 89.9 Å². The standard InChI is InChI=1S/C22H46NO.ClH/c1-5-6-7-8-9-10-11-12-13-14-15-16-17-18-19-20-21-22(2)23(3,4)24;/h12-13,22,24H,5-11,14-21H2,1-4H3;1H/q+1;/p-1/b13-12-;. The number of quaternary nitrogens is 1. The van der Waals surface area contributed by atoms with E-state index in [2.05, 4.69) is 26.0 Å². The van der Waals surface area contributed by atoms with Crippen molar-refractivity contribution in [3.05, 3.63) is 12.2 Å². The Morgan fingerprint density at radius 1 is 0.720 bits per heavy atom. The van der Waals surface area contributed by atoms with Gasteiger partial charge in [-0.2, -0.15) is 4.65 Å². The smallest absolute Gasteiger partial charge is 0.116 e. The first-order valence-electron chi connectivity index (χ1n) is 10.7. The van der Waals surface area contributed by atoms with Crippen molar-refractivity contribution >= 4 is 0 Å². The van der Waals surface area contributed by atoms with Crippen LogP contribution in [0.25, 0.3) is 0 Å². The van der Waals surface area contributed by atoms with E-state index in [1.54, 1.807) is 0 Å². The lowest BCUT2D eigenvalue weighted by molar-refractivity contribution is -1.09. The van der Waals surface area contributed by atoms with Crippen LogP contribution in [0.4, 0.5) is 0 Å². The van der Waals surface area contributed by atoms with Gasteiger partial charge >= 0.3 is 0 Å². The molecule has 1 unspecified atom stereocenters. The molecule has 0 rings (SSSR count). The Morgan fingerprint density at radius 2 is 1.12 bits per heavy atom. The summed E-state index contributed by atoms with van der Waals surface area (Å²) in [6, 6.07) is 0.349. The molecule has 0 aromatic carbocycles. The van der Waals surface area contributed by atoms with Gasteiger partial charge in [0.05, 0.1) is 14.1 Å². The van der Waals surface area contributed by atoms with E-state index in [0.29, 0.717) is 6.04 Å². The van der Waals surface area contributed by atoms with E-state index in [0.717, 1.165) is 6.42 Å². The fourth-order valence-electron chi connectivity index (χ4n) is 3.00. The second-order valence-corrected chi connectivity index (χ2v) is 8.05. The molecule has 0 aromatic rings. The number of hydrogen-bond acceptors (Lipinski definition) is 1. The maximum absolute atomic E-state index is 9.84. The highest BCUT2D eigenvalue weighted by Crippen LogP contribution is 2.14. The molecule has 0 bridgehead atoms. The normalized spacial score (nSPS) is 13.2. The Hall–Kier alpha value is -0.0500. The minimum atomic E-state index is 0. The lowest BCUT2D eigenvalue weighted by Crippen LogP contribution is -3.00. The Labute approximate surface area is 165 Å². The molecule has 0 radical (unpaired) electrons. The van der Waals surface area contributed by atoms with Gasteiger partial charge < -0.3 is 12.4 Å². The molecule has 1 N–H and O–H groups in total. The van der Waals surface area contributed by atoms with Crippen molar-refractivity contribution in [3.63, 3.8) is 0 Å². The summed E-state index contributed by atoms with van der Waals surface area (Å²) in [6.45, 7) is 4.41. The first kappa shape index (κ1) is 27.2. The predicted molar refractivity (Wildman–Crippen MR) is 107 cm³/mol. The predicted octanol–water partition coefficient (Wildman–Crippen LogP) is 4.27. The maximum Gasteiger partial charge on any atom is 0.116 e. The summed E-state index contributed by atoms with van der Waals surface area (Å²) >= 11 is 0. The lowest BCUT2D eigenvalue weighted by atomic mass is 10.0. The Kier molecular flexibility index (Phi) is 20.4. The van der Waals surface area contributed by atoms with Crippen LogP contribution in [0.1, 0.15) is 110 Å². The number of rotatable bonds is 17. The van der Waals surface area contributed by atoms with Crippen LogP contribution >= 0.6 is 0 Å². The zero-order valence-electron chi connectivity index (χ0n) is 17.6. The Morgan fingerprint density at radius 3 is 1.56 bits per heavy atom. The third-order valence-corrected chi connectivity index (χ3v) is 5.21. The molecule has 152 valence electrons. The van der Waals surface area contributed by atoms with Crippen LogP contribution in [0.3, 0.4) is 0 Å². The molecule has 0 spiro atoms. The number of nitrogens with zero attached hydrogens (tertiary/aromatic N) is 1. The topological polar surface area (TPSA) is 20.2 Å². The van der Waals surface area contributed by atoms with Crippen molar-refractivity contribution in [2.45, 2.75) is 116 Å². The number of allylic oxidation sites excluding steroid dienone is 2. The second-order valence-electron chi connectivity index (χ2n) is 8.05. The quantitative estimate of drug-likeness (QED) is 0.174. The summed E-state index contributed by atoms with van der Waals surface area (Å²) in [7, 11) is 3.73. The van der Waals surface area contributed by atoms with Gasteiger partial charge in [0.2, 0.25) is 0 Å². The largest absolute Gasteiger partial charge is 1.00 e. The van der Waals surface area contributed by atoms with E-state index in [9.17, 15) is 5.21 Å². The highest BCUT2D eigenvalue weighted by Gasteiger charge is 2.20. The van der Waals surface area contributed by atoms with E-state index < -0.39 is 0 Å². The van der Waals surface area contributed by atoms with Gasteiger partial charge in [0.15, 0.2) is 0 Å². The molecule has 0 aliphatic rings. The van der Waals surface area contributed by atoms with Gasteiger partial charge in [-0.1, -0.05) is 76.9 Å². The van der Waals surface area contributed by atoms with Crippen molar-refractivity contribution in [2.24, 2.45) is 0 Å². The van der Waals surface area contributed by atoms with Crippen LogP contribution in [0.2, 0.25) is 0 Å². The lowest BCUT2D eigenvalue weighted by Gasteiger charge is -2.27. The number of hydrogen-bond donors (Lipinski definition) is 1. The molecular formula is C22H46ClNO. The highest BCUT2D eigenvalue weighted by molar-refractivity contribution is 4.81. The van der Waals surface area contributed by atoms with Gasteiger partial charge in [-0.15, -0.1) is 0 Å². The first-order valence-corrected chi connectivity index (χ1v) is 10.7. The second kappa shape index (κ2) is 18.7. The van der Waals surface area contributed by atoms with Crippen LogP contribution in [-0.4, -0.2) is 30.0 Å². The number of hydroxylamine groups is 3. The molecule has 25 heavy (non-hydrogen) atoms. The van der Waals surface area contributed by atoms with Gasteiger partial charge in [-0.25, -0.2) is 5.21 Å². The zero-order valence-corrected chi connectivity index (χ0v) is 18.4. The summed E-state index contributed by atoms with van der Waals surface area (Å²) in [4.78, 5) is 0. The highest BCUT2D eigenvalue weighted by atomic mass is 35.5. The first-order chi connectivity index (χ1) is 11.5. The third kappa shape index (κ3) is 20.1. The molecule has 2 nitrogen and oxygen atoms in total. The molecular weight excluding hydrogens is 330 g/mol. The molecule has 0 heterocycles. The monoisotopic (exact) mass is 375 g/mol. The van der Waals surface area contributed by atoms with Gasteiger partial charge in [-0.05, 0) is 39.0 Å². The molecule has 0 saturated carbocycles. The van der Waals surface area contributed by atoms with E-state index in [-0.39, 0.29) is 17.1 Å². The van der Waals surface area contributed by atoms with Crippen LogP contribution in [-0.2, 0) is 0 Å². The average Bonchev–Trinajstić information content (AvgIpc) is 2.53. The van der Waals surface area contributed by atoms with Crippen molar-refractivity contribution in [2.75, 3.05) is 14.1 Å². The number of unbranched alkanes of at least 4 members (excludes halogenated alkanes) is 12. The van der Waals surface area contributed by atoms with Crippen LogP contribution in [0.5, 0.6) is 0 Å². The molecule has 0 aliphatic heterocycles. The molecule has 0 amide bonds. The Bertz CT molecular complexity index is 286. The van der Waals surface area contributed by atoms with E-state index in [4.69, 9.17) is 0 Å². The van der Waals surface area contributed by atoms with Gasteiger partial charge in [0, 0.05) is 6.42 Å².